The number of H-pyrrole nitrogens is 1. The zero-order valence-electron chi connectivity index (χ0n) is 22.1. The Hall–Kier alpha value is -4.38. The summed E-state index contributed by atoms with van der Waals surface area (Å²) in [6.07, 6.45) is 1.77. The number of aliphatic carboxylic acids is 1. The molecular formula is C28H35N5O6. The van der Waals surface area contributed by atoms with Gasteiger partial charge in [0.05, 0.1) is 6.04 Å². The van der Waals surface area contributed by atoms with Gasteiger partial charge < -0.3 is 36.9 Å². The maximum atomic E-state index is 13.4. The first-order valence-corrected chi connectivity index (χ1v) is 12.7. The number of aromatic hydroxyl groups is 1. The van der Waals surface area contributed by atoms with E-state index in [0.717, 1.165) is 16.5 Å². The highest BCUT2D eigenvalue weighted by atomic mass is 16.4. The molecule has 0 aliphatic carbocycles. The number of aromatic nitrogens is 1. The lowest BCUT2D eigenvalue weighted by atomic mass is 10.0. The van der Waals surface area contributed by atoms with Crippen LogP contribution in [0.4, 0.5) is 0 Å². The lowest BCUT2D eigenvalue weighted by molar-refractivity contribution is -0.142. The predicted octanol–water partition coefficient (Wildman–Crippen LogP) is 1.20. The number of para-hydroxylation sites is 1. The van der Waals surface area contributed by atoms with Gasteiger partial charge >= 0.3 is 5.97 Å². The first-order chi connectivity index (χ1) is 18.5. The van der Waals surface area contributed by atoms with Crippen LogP contribution < -0.4 is 21.7 Å². The van der Waals surface area contributed by atoms with Crippen LogP contribution in [0.25, 0.3) is 10.9 Å². The third-order valence-corrected chi connectivity index (χ3v) is 6.50. The van der Waals surface area contributed by atoms with Crippen molar-refractivity contribution in [2.45, 2.75) is 57.8 Å². The van der Waals surface area contributed by atoms with Crippen molar-refractivity contribution in [2.75, 3.05) is 0 Å². The van der Waals surface area contributed by atoms with Crippen LogP contribution in [-0.4, -0.2) is 63.1 Å². The predicted molar refractivity (Wildman–Crippen MR) is 146 cm³/mol. The number of hydrogen-bond acceptors (Lipinski definition) is 6. The molecule has 208 valence electrons. The molecule has 11 heteroatoms. The Kier molecular flexibility index (Phi) is 9.67. The van der Waals surface area contributed by atoms with E-state index in [0.29, 0.717) is 5.56 Å². The molecule has 1 aromatic heterocycles. The molecule has 8 N–H and O–H groups in total. The minimum absolute atomic E-state index is 0.0331. The van der Waals surface area contributed by atoms with Gasteiger partial charge in [0.15, 0.2) is 0 Å². The summed E-state index contributed by atoms with van der Waals surface area (Å²) < 4.78 is 0. The van der Waals surface area contributed by atoms with Gasteiger partial charge in [-0.05, 0) is 42.2 Å². The van der Waals surface area contributed by atoms with Gasteiger partial charge in [-0.2, -0.15) is 0 Å². The molecule has 0 saturated carbocycles. The summed E-state index contributed by atoms with van der Waals surface area (Å²) in [6, 6.07) is 9.22. The molecule has 4 atom stereocenters. The minimum atomic E-state index is -1.29. The van der Waals surface area contributed by atoms with E-state index in [9.17, 15) is 29.4 Å². The number of carbonyl (C=O) groups excluding carboxylic acids is 3. The van der Waals surface area contributed by atoms with E-state index in [-0.39, 0.29) is 24.5 Å². The summed E-state index contributed by atoms with van der Waals surface area (Å²) in [5.74, 6) is -3.17. The average Bonchev–Trinajstić information content (AvgIpc) is 3.31. The lowest BCUT2D eigenvalue weighted by Gasteiger charge is -2.24. The number of rotatable bonds is 12. The molecule has 3 rings (SSSR count). The standard InChI is InChI=1S/C28H35N5O6/c1-15(2)24(29)27(37)31-16(3)25(35)32-22(13-18-14-30-21-7-5-4-6-20(18)21)26(36)33-23(28(38)39)12-17-8-10-19(34)11-9-17/h4-11,14-16,22-24,30,34H,12-13,29H2,1-3H3,(H,31,37)(H,32,35)(H,33,36)(H,38,39). The quantitative estimate of drug-likeness (QED) is 0.181. The molecule has 0 spiro atoms. The van der Waals surface area contributed by atoms with Gasteiger partial charge in [-0.15, -0.1) is 0 Å². The molecule has 3 aromatic rings. The Morgan fingerprint density at radius 3 is 2.13 bits per heavy atom. The summed E-state index contributed by atoms with van der Waals surface area (Å²) in [4.78, 5) is 53.9. The van der Waals surface area contributed by atoms with Crippen LogP contribution in [0.1, 0.15) is 31.9 Å². The van der Waals surface area contributed by atoms with Gasteiger partial charge in [0.25, 0.3) is 0 Å². The van der Waals surface area contributed by atoms with Crippen LogP contribution >= 0.6 is 0 Å². The fourth-order valence-corrected chi connectivity index (χ4v) is 4.04. The Bertz CT molecular complexity index is 1320. The largest absolute Gasteiger partial charge is 0.508 e. The van der Waals surface area contributed by atoms with Crippen molar-refractivity contribution in [1.29, 1.82) is 0 Å². The average molecular weight is 538 g/mol. The van der Waals surface area contributed by atoms with E-state index in [4.69, 9.17) is 5.73 Å². The lowest BCUT2D eigenvalue weighted by Crippen LogP contribution is -2.57. The monoisotopic (exact) mass is 537 g/mol. The normalized spacial score (nSPS) is 14.3. The van der Waals surface area contributed by atoms with Crippen molar-refractivity contribution in [3.8, 4) is 5.75 Å². The molecule has 0 bridgehead atoms. The molecule has 4 unspecified atom stereocenters. The third-order valence-electron chi connectivity index (χ3n) is 6.50. The molecule has 11 nitrogen and oxygen atoms in total. The second-order valence-corrected chi connectivity index (χ2v) is 9.89. The zero-order valence-corrected chi connectivity index (χ0v) is 22.1. The van der Waals surface area contributed by atoms with E-state index >= 15 is 0 Å². The topological polar surface area (TPSA) is 187 Å². The first-order valence-electron chi connectivity index (χ1n) is 12.7. The summed E-state index contributed by atoms with van der Waals surface area (Å²) >= 11 is 0. The smallest absolute Gasteiger partial charge is 0.326 e. The summed E-state index contributed by atoms with van der Waals surface area (Å²) in [6.45, 7) is 5.05. The van der Waals surface area contributed by atoms with E-state index < -0.39 is 47.9 Å². The van der Waals surface area contributed by atoms with Gasteiger partial charge in [0.2, 0.25) is 17.7 Å². The Morgan fingerprint density at radius 1 is 0.846 bits per heavy atom. The van der Waals surface area contributed by atoms with Gasteiger partial charge in [-0.25, -0.2) is 4.79 Å². The van der Waals surface area contributed by atoms with Gasteiger partial charge in [-0.1, -0.05) is 44.2 Å². The van der Waals surface area contributed by atoms with Crippen LogP contribution in [0.3, 0.4) is 0 Å². The highest BCUT2D eigenvalue weighted by Gasteiger charge is 2.30. The molecule has 3 amide bonds. The number of phenolic OH excluding ortho intramolecular Hbond substituents is 1. The number of nitrogens with one attached hydrogen (secondary N) is 4. The fourth-order valence-electron chi connectivity index (χ4n) is 4.04. The third kappa shape index (κ3) is 7.81. The SMILES string of the molecule is CC(NC(=O)C(N)C(C)C)C(=O)NC(Cc1c[nH]c2ccccc12)C(=O)NC(Cc1ccc(O)cc1)C(=O)O. The molecule has 2 aromatic carbocycles. The number of nitrogens with two attached hydrogens (primary N) is 1. The first kappa shape index (κ1) is 29.2. The van der Waals surface area contributed by atoms with Gasteiger partial charge in [0.1, 0.15) is 23.9 Å². The van der Waals surface area contributed by atoms with Crippen molar-refractivity contribution in [3.63, 3.8) is 0 Å². The molecular weight excluding hydrogens is 502 g/mol. The van der Waals surface area contributed by atoms with E-state index in [2.05, 4.69) is 20.9 Å². The number of phenols is 1. The Balaban J connectivity index is 1.80. The van der Waals surface area contributed by atoms with Crippen molar-refractivity contribution in [2.24, 2.45) is 11.7 Å². The Morgan fingerprint density at radius 2 is 1.49 bits per heavy atom. The number of carboxylic acid groups (broad SMARTS) is 1. The zero-order chi connectivity index (χ0) is 28.7. The number of hydrogen-bond donors (Lipinski definition) is 7. The maximum Gasteiger partial charge on any atom is 0.326 e. The van der Waals surface area contributed by atoms with Crippen LogP contribution in [0, 0.1) is 5.92 Å². The number of carbonyl (C=O) groups is 4. The molecule has 0 saturated heterocycles. The van der Waals surface area contributed by atoms with Crippen LogP contribution in [0.15, 0.2) is 54.7 Å². The van der Waals surface area contributed by atoms with Crippen LogP contribution in [0.2, 0.25) is 0 Å². The summed E-state index contributed by atoms with van der Waals surface area (Å²) in [7, 11) is 0. The number of fused-ring (bicyclic) bond motifs is 1. The second kappa shape index (κ2) is 12.9. The van der Waals surface area contributed by atoms with Crippen molar-refractivity contribution in [3.05, 3.63) is 65.9 Å². The molecule has 1 heterocycles. The van der Waals surface area contributed by atoms with Gasteiger partial charge in [0, 0.05) is 29.9 Å². The maximum absolute atomic E-state index is 13.4. The summed E-state index contributed by atoms with van der Waals surface area (Å²) in [5.41, 5.74) is 8.06. The van der Waals surface area contributed by atoms with Crippen LogP contribution in [-0.2, 0) is 32.0 Å². The fraction of sp³-hybridized carbons (Fsp3) is 0.357. The van der Waals surface area contributed by atoms with Crippen LogP contribution in [0.5, 0.6) is 5.75 Å². The molecule has 0 aliphatic heterocycles. The van der Waals surface area contributed by atoms with Crippen molar-refractivity contribution < 1.29 is 29.4 Å². The van der Waals surface area contributed by atoms with E-state index in [1.165, 1.54) is 19.1 Å². The van der Waals surface area contributed by atoms with E-state index in [1.54, 1.807) is 32.2 Å². The Labute approximate surface area is 226 Å². The summed E-state index contributed by atoms with van der Waals surface area (Å²) in [5, 5.41) is 27.9. The van der Waals surface area contributed by atoms with Crippen molar-refractivity contribution in [1.82, 2.24) is 20.9 Å². The highest BCUT2D eigenvalue weighted by Crippen LogP contribution is 2.19. The van der Waals surface area contributed by atoms with Gasteiger partial charge in [-0.3, -0.25) is 14.4 Å². The number of amides is 3. The second-order valence-electron chi connectivity index (χ2n) is 9.89. The number of carboxylic acids is 1. The molecule has 0 fully saturated rings. The van der Waals surface area contributed by atoms with Crippen molar-refractivity contribution >= 4 is 34.6 Å². The molecule has 0 radical (unpaired) electrons. The number of aromatic amines is 1. The molecule has 39 heavy (non-hydrogen) atoms. The highest BCUT2D eigenvalue weighted by molar-refractivity contribution is 5.94. The molecule has 0 aliphatic rings. The van der Waals surface area contributed by atoms with E-state index in [1.807, 2.05) is 24.3 Å². The minimum Gasteiger partial charge on any atom is -0.508 e. The number of benzene rings is 2.